The molecule has 1 saturated carbocycles. The molecule has 2 rings (SSSR count). The van der Waals surface area contributed by atoms with Gasteiger partial charge >= 0.3 is 0 Å². The Labute approximate surface area is 61.8 Å². The van der Waals surface area contributed by atoms with E-state index in [-0.39, 0.29) is 0 Å². The monoisotopic (exact) mass is 141 g/mol. The second-order valence-corrected chi connectivity index (χ2v) is 3.75. The van der Waals surface area contributed by atoms with Crippen LogP contribution in [-0.4, -0.2) is 36.2 Å². The maximum Gasteiger partial charge on any atom is 0.0502 e. The highest BCUT2D eigenvalue weighted by Crippen LogP contribution is 2.57. The minimum absolute atomic E-state index is 0.357. The molecule has 0 aromatic carbocycles. The van der Waals surface area contributed by atoms with Crippen LogP contribution in [0.25, 0.3) is 0 Å². The standard InChI is InChI=1S/C8H15NO/c1-2-9-4-7-3-8(7,5-9)6-10/h7,10H,2-6H2,1H3. The summed E-state index contributed by atoms with van der Waals surface area (Å²) in [5, 5.41) is 9.05. The Morgan fingerprint density at radius 2 is 2.50 bits per heavy atom. The summed E-state index contributed by atoms with van der Waals surface area (Å²) in [5.41, 5.74) is 0.357. The Balaban J connectivity index is 1.97. The number of likely N-dealkylation sites (tertiary alicyclic amines) is 1. The number of aliphatic hydroxyl groups is 1. The zero-order valence-corrected chi connectivity index (χ0v) is 6.51. The van der Waals surface area contributed by atoms with Crippen LogP contribution < -0.4 is 0 Å². The lowest BCUT2D eigenvalue weighted by Gasteiger charge is -2.16. The van der Waals surface area contributed by atoms with Gasteiger partial charge in [-0.15, -0.1) is 0 Å². The van der Waals surface area contributed by atoms with Crippen LogP contribution in [0.15, 0.2) is 0 Å². The second-order valence-electron chi connectivity index (χ2n) is 3.75. The molecule has 10 heavy (non-hydrogen) atoms. The fraction of sp³-hybridized carbons (Fsp3) is 1.00. The van der Waals surface area contributed by atoms with Gasteiger partial charge in [-0.2, -0.15) is 0 Å². The van der Waals surface area contributed by atoms with E-state index in [1.165, 1.54) is 13.0 Å². The second kappa shape index (κ2) is 1.95. The third kappa shape index (κ3) is 0.722. The van der Waals surface area contributed by atoms with Crippen LogP contribution in [0.5, 0.6) is 0 Å². The first kappa shape index (κ1) is 6.62. The molecular weight excluding hydrogens is 126 g/mol. The predicted octanol–water partition coefficient (Wildman–Crippen LogP) is 0.321. The molecule has 2 atom stereocenters. The Hall–Kier alpha value is -0.0800. The fourth-order valence-corrected chi connectivity index (χ4v) is 2.19. The van der Waals surface area contributed by atoms with Crippen molar-refractivity contribution in [1.29, 1.82) is 0 Å². The van der Waals surface area contributed by atoms with Gasteiger partial charge in [-0.25, -0.2) is 0 Å². The lowest BCUT2D eigenvalue weighted by molar-refractivity contribution is 0.189. The van der Waals surface area contributed by atoms with E-state index in [0.29, 0.717) is 12.0 Å². The summed E-state index contributed by atoms with van der Waals surface area (Å²) in [4.78, 5) is 2.43. The van der Waals surface area contributed by atoms with E-state index in [9.17, 15) is 0 Å². The molecule has 1 heterocycles. The summed E-state index contributed by atoms with van der Waals surface area (Å²) < 4.78 is 0. The first-order valence-electron chi connectivity index (χ1n) is 4.14. The van der Waals surface area contributed by atoms with Gasteiger partial charge in [0.1, 0.15) is 0 Å². The van der Waals surface area contributed by atoms with Gasteiger partial charge in [0, 0.05) is 18.5 Å². The molecule has 0 amide bonds. The van der Waals surface area contributed by atoms with Gasteiger partial charge in [0.05, 0.1) is 6.61 Å². The fourth-order valence-electron chi connectivity index (χ4n) is 2.19. The zero-order valence-electron chi connectivity index (χ0n) is 6.51. The molecule has 0 spiro atoms. The number of fused-ring (bicyclic) bond motifs is 1. The molecule has 2 heteroatoms. The zero-order chi connectivity index (χ0) is 7.19. The van der Waals surface area contributed by atoms with Crippen LogP contribution in [0, 0.1) is 11.3 Å². The number of rotatable bonds is 2. The Morgan fingerprint density at radius 3 is 2.90 bits per heavy atom. The van der Waals surface area contributed by atoms with Crippen LogP contribution in [0.1, 0.15) is 13.3 Å². The molecule has 1 saturated heterocycles. The van der Waals surface area contributed by atoms with Gasteiger partial charge in [0.15, 0.2) is 0 Å². The molecule has 1 aliphatic heterocycles. The lowest BCUT2D eigenvalue weighted by atomic mass is 10.1. The van der Waals surface area contributed by atoms with Crippen molar-refractivity contribution < 1.29 is 5.11 Å². The molecule has 2 aliphatic rings. The van der Waals surface area contributed by atoms with Crippen LogP contribution in [0.2, 0.25) is 0 Å². The van der Waals surface area contributed by atoms with Gasteiger partial charge in [0.25, 0.3) is 0 Å². The first-order valence-corrected chi connectivity index (χ1v) is 4.14. The van der Waals surface area contributed by atoms with Crippen LogP contribution in [0.3, 0.4) is 0 Å². The predicted molar refractivity (Wildman–Crippen MR) is 39.7 cm³/mol. The summed E-state index contributed by atoms with van der Waals surface area (Å²) in [6.07, 6.45) is 1.28. The number of aliphatic hydroxyl groups excluding tert-OH is 1. The van der Waals surface area contributed by atoms with Gasteiger partial charge < -0.3 is 10.0 Å². The normalized spacial score (nSPS) is 45.6. The van der Waals surface area contributed by atoms with E-state index < -0.39 is 0 Å². The number of hydrogen-bond donors (Lipinski definition) is 1. The maximum atomic E-state index is 9.05. The summed E-state index contributed by atoms with van der Waals surface area (Å²) in [5.74, 6) is 0.831. The van der Waals surface area contributed by atoms with E-state index in [1.807, 2.05) is 0 Å². The molecule has 2 fully saturated rings. The van der Waals surface area contributed by atoms with Gasteiger partial charge in [-0.1, -0.05) is 6.92 Å². The van der Waals surface area contributed by atoms with Crippen LogP contribution in [-0.2, 0) is 0 Å². The smallest absolute Gasteiger partial charge is 0.0502 e. The Morgan fingerprint density at radius 1 is 1.70 bits per heavy atom. The van der Waals surface area contributed by atoms with Crippen molar-refractivity contribution in [3.05, 3.63) is 0 Å². The molecule has 0 radical (unpaired) electrons. The highest BCUT2D eigenvalue weighted by molar-refractivity contribution is 5.09. The SMILES string of the molecule is CCN1CC2CC2(CO)C1. The average Bonchev–Trinajstić information content (AvgIpc) is 2.55. The van der Waals surface area contributed by atoms with Gasteiger partial charge in [-0.3, -0.25) is 0 Å². The van der Waals surface area contributed by atoms with Crippen LogP contribution >= 0.6 is 0 Å². The van der Waals surface area contributed by atoms with Gasteiger partial charge in [0.2, 0.25) is 0 Å². The van der Waals surface area contributed by atoms with E-state index in [1.54, 1.807) is 0 Å². The highest BCUT2D eigenvalue weighted by atomic mass is 16.3. The Bertz CT molecular complexity index is 144. The van der Waals surface area contributed by atoms with Crippen molar-refractivity contribution in [1.82, 2.24) is 4.90 Å². The van der Waals surface area contributed by atoms with Crippen molar-refractivity contribution in [2.45, 2.75) is 13.3 Å². The van der Waals surface area contributed by atoms with Crippen molar-refractivity contribution in [2.75, 3.05) is 26.2 Å². The molecule has 0 aromatic heterocycles. The highest BCUT2D eigenvalue weighted by Gasteiger charge is 2.58. The summed E-state index contributed by atoms with van der Waals surface area (Å²) in [6, 6.07) is 0. The van der Waals surface area contributed by atoms with Crippen molar-refractivity contribution in [3.8, 4) is 0 Å². The van der Waals surface area contributed by atoms with Gasteiger partial charge in [-0.05, 0) is 18.9 Å². The summed E-state index contributed by atoms with van der Waals surface area (Å²) >= 11 is 0. The first-order chi connectivity index (χ1) is 4.80. The number of hydrogen-bond acceptors (Lipinski definition) is 2. The van der Waals surface area contributed by atoms with Crippen LogP contribution in [0.4, 0.5) is 0 Å². The molecule has 1 N–H and O–H groups in total. The minimum Gasteiger partial charge on any atom is -0.396 e. The largest absolute Gasteiger partial charge is 0.396 e. The van der Waals surface area contributed by atoms with E-state index in [4.69, 9.17) is 5.11 Å². The maximum absolute atomic E-state index is 9.05. The van der Waals surface area contributed by atoms with Crippen molar-refractivity contribution >= 4 is 0 Å². The van der Waals surface area contributed by atoms with E-state index in [2.05, 4.69) is 11.8 Å². The van der Waals surface area contributed by atoms with Crippen molar-refractivity contribution in [2.24, 2.45) is 11.3 Å². The molecule has 1 aliphatic carbocycles. The molecule has 2 unspecified atom stereocenters. The van der Waals surface area contributed by atoms with E-state index >= 15 is 0 Å². The molecule has 58 valence electrons. The van der Waals surface area contributed by atoms with Crippen molar-refractivity contribution in [3.63, 3.8) is 0 Å². The molecule has 2 nitrogen and oxygen atoms in total. The topological polar surface area (TPSA) is 23.5 Å². The minimum atomic E-state index is 0.357. The quantitative estimate of drug-likeness (QED) is 0.598. The average molecular weight is 141 g/mol. The molecule has 0 bridgehead atoms. The summed E-state index contributed by atoms with van der Waals surface area (Å²) in [7, 11) is 0. The molecular formula is C8H15NO. The molecule has 0 aromatic rings. The third-order valence-electron chi connectivity index (χ3n) is 3.14. The lowest BCUT2D eigenvalue weighted by Crippen LogP contribution is -2.25. The summed E-state index contributed by atoms with van der Waals surface area (Å²) in [6.45, 7) is 6.13. The third-order valence-corrected chi connectivity index (χ3v) is 3.14. The number of piperidine rings is 1. The van der Waals surface area contributed by atoms with E-state index in [0.717, 1.165) is 19.0 Å². The Kier molecular flexibility index (Phi) is 1.29. The number of nitrogens with zero attached hydrogens (tertiary/aromatic N) is 1.